The van der Waals surface area contributed by atoms with Crippen LogP contribution in [0.4, 0.5) is 0 Å². The Morgan fingerprint density at radius 3 is 2.36 bits per heavy atom. The molecule has 1 aliphatic heterocycles. The first-order valence-electron chi connectivity index (χ1n) is 6.17. The van der Waals surface area contributed by atoms with Gasteiger partial charge < -0.3 is 10.0 Å². The lowest BCUT2D eigenvalue weighted by atomic mass is 9.82. The maximum absolute atomic E-state index is 10.3. The van der Waals surface area contributed by atoms with Crippen LogP contribution in [0.1, 0.15) is 44.9 Å². The Bertz CT molecular complexity index is 177. The van der Waals surface area contributed by atoms with Gasteiger partial charge in [-0.2, -0.15) is 0 Å². The van der Waals surface area contributed by atoms with Crippen molar-refractivity contribution in [1.82, 2.24) is 4.90 Å². The van der Waals surface area contributed by atoms with Crippen LogP contribution in [-0.4, -0.2) is 35.7 Å². The molecule has 2 atom stereocenters. The lowest BCUT2D eigenvalue weighted by Gasteiger charge is -2.33. The second kappa shape index (κ2) is 4.63. The molecule has 2 nitrogen and oxygen atoms in total. The third-order valence-electron chi connectivity index (χ3n) is 4.10. The normalized spacial score (nSPS) is 33.4. The highest BCUT2D eigenvalue weighted by Gasteiger charge is 2.33. The van der Waals surface area contributed by atoms with Crippen molar-refractivity contribution in [3.63, 3.8) is 0 Å². The molecule has 2 aliphatic rings. The summed E-state index contributed by atoms with van der Waals surface area (Å²) in [5.74, 6) is 0.592. The van der Waals surface area contributed by atoms with Crippen molar-refractivity contribution in [2.45, 2.75) is 57.1 Å². The van der Waals surface area contributed by atoms with E-state index in [0.717, 1.165) is 0 Å². The van der Waals surface area contributed by atoms with Gasteiger partial charge in [-0.05, 0) is 45.2 Å². The van der Waals surface area contributed by atoms with Gasteiger partial charge in [0.1, 0.15) is 0 Å². The first kappa shape index (κ1) is 10.4. The number of hydrogen-bond acceptors (Lipinski definition) is 2. The molecule has 0 spiro atoms. The van der Waals surface area contributed by atoms with Gasteiger partial charge in [-0.25, -0.2) is 0 Å². The van der Waals surface area contributed by atoms with E-state index in [1.54, 1.807) is 0 Å². The molecule has 0 aromatic carbocycles. The highest BCUT2D eigenvalue weighted by Crippen LogP contribution is 2.31. The zero-order valence-corrected chi connectivity index (χ0v) is 9.28. The van der Waals surface area contributed by atoms with Crippen LogP contribution in [0.2, 0.25) is 0 Å². The van der Waals surface area contributed by atoms with Gasteiger partial charge in [0.2, 0.25) is 0 Å². The minimum absolute atomic E-state index is 0.0530. The summed E-state index contributed by atoms with van der Waals surface area (Å²) in [5.41, 5.74) is 0. The Morgan fingerprint density at radius 1 is 1.07 bits per heavy atom. The van der Waals surface area contributed by atoms with Crippen molar-refractivity contribution in [3.05, 3.63) is 0 Å². The summed E-state index contributed by atoms with van der Waals surface area (Å²) in [6.45, 7) is 1.18. The summed E-state index contributed by atoms with van der Waals surface area (Å²) < 4.78 is 0. The number of likely N-dealkylation sites (N-methyl/N-ethyl adjacent to an activating group) is 1. The lowest BCUT2D eigenvalue weighted by Crippen LogP contribution is -2.41. The maximum Gasteiger partial charge on any atom is 0.0723 e. The number of aliphatic hydroxyl groups is 1. The number of nitrogens with zero attached hydrogens (tertiary/aromatic N) is 1. The standard InChI is InChI=1S/C12H23NO/c1-13-9-5-8-11(13)12(14)10-6-3-2-4-7-10/h10-12,14H,2-9H2,1H3. The number of aliphatic hydroxyl groups excluding tert-OH is 1. The average Bonchev–Trinajstić information content (AvgIpc) is 2.65. The Hall–Kier alpha value is -0.0800. The molecule has 2 fully saturated rings. The highest BCUT2D eigenvalue weighted by atomic mass is 16.3. The Kier molecular flexibility index (Phi) is 3.45. The van der Waals surface area contributed by atoms with Crippen molar-refractivity contribution in [1.29, 1.82) is 0 Å². The van der Waals surface area contributed by atoms with E-state index in [0.29, 0.717) is 12.0 Å². The topological polar surface area (TPSA) is 23.5 Å². The first-order chi connectivity index (χ1) is 6.79. The molecule has 1 aliphatic carbocycles. The minimum Gasteiger partial charge on any atom is -0.391 e. The molecule has 0 aromatic heterocycles. The van der Waals surface area contributed by atoms with Gasteiger partial charge in [0.25, 0.3) is 0 Å². The largest absolute Gasteiger partial charge is 0.391 e. The molecule has 0 amide bonds. The van der Waals surface area contributed by atoms with E-state index in [-0.39, 0.29) is 6.10 Å². The molecular weight excluding hydrogens is 174 g/mol. The molecule has 1 saturated carbocycles. The van der Waals surface area contributed by atoms with Crippen LogP contribution in [0.15, 0.2) is 0 Å². The molecule has 0 radical (unpaired) electrons. The molecule has 82 valence electrons. The molecule has 1 saturated heterocycles. The van der Waals surface area contributed by atoms with Crippen LogP contribution in [0.5, 0.6) is 0 Å². The maximum atomic E-state index is 10.3. The van der Waals surface area contributed by atoms with Gasteiger partial charge >= 0.3 is 0 Å². The van der Waals surface area contributed by atoms with E-state index in [1.165, 1.54) is 51.5 Å². The number of rotatable bonds is 2. The Morgan fingerprint density at radius 2 is 1.79 bits per heavy atom. The highest BCUT2D eigenvalue weighted by molar-refractivity contribution is 4.87. The third kappa shape index (κ3) is 2.12. The fourth-order valence-electron chi connectivity index (χ4n) is 3.16. The van der Waals surface area contributed by atoms with Crippen LogP contribution >= 0.6 is 0 Å². The SMILES string of the molecule is CN1CCCC1C(O)C1CCCCC1. The van der Waals surface area contributed by atoms with Gasteiger partial charge in [0, 0.05) is 6.04 Å². The van der Waals surface area contributed by atoms with Crippen molar-refractivity contribution in [3.8, 4) is 0 Å². The molecule has 1 N–H and O–H groups in total. The van der Waals surface area contributed by atoms with Gasteiger partial charge in [-0.15, -0.1) is 0 Å². The van der Waals surface area contributed by atoms with Crippen molar-refractivity contribution < 1.29 is 5.11 Å². The van der Waals surface area contributed by atoms with E-state index < -0.39 is 0 Å². The summed E-state index contributed by atoms with van der Waals surface area (Å²) in [4.78, 5) is 2.35. The van der Waals surface area contributed by atoms with E-state index in [1.807, 2.05) is 0 Å². The van der Waals surface area contributed by atoms with Crippen LogP contribution < -0.4 is 0 Å². The summed E-state index contributed by atoms with van der Waals surface area (Å²) >= 11 is 0. The Labute approximate surface area is 87.3 Å². The lowest BCUT2D eigenvalue weighted by molar-refractivity contribution is 0.0224. The monoisotopic (exact) mass is 197 g/mol. The van der Waals surface area contributed by atoms with Crippen molar-refractivity contribution in [2.24, 2.45) is 5.92 Å². The molecule has 14 heavy (non-hydrogen) atoms. The molecule has 1 heterocycles. The molecule has 2 rings (SSSR count). The molecule has 2 heteroatoms. The third-order valence-corrected chi connectivity index (χ3v) is 4.10. The smallest absolute Gasteiger partial charge is 0.0723 e. The van der Waals surface area contributed by atoms with Crippen molar-refractivity contribution in [2.75, 3.05) is 13.6 Å². The molecular formula is C12H23NO. The summed E-state index contributed by atoms with van der Waals surface area (Å²) in [6, 6.07) is 0.457. The van der Waals surface area contributed by atoms with E-state index in [4.69, 9.17) is 0 Å². The first-order valence-corrected chi connectivity index (χ1v) is 6.17. The number of likely N-dealkylation sites (tertiary alicyclic amines) is 1. The van der Waals surface area contributed by atoms with E-state index >= 15 is 0 Å². The fraction of sp³-hybridized carbons (Fsp3) is 1.00. The molecule has 0 aromatic rings. The molecule has 0 bridgehead atoms. The summed E-state index contributed by atoms with van der Waals surface area (Å²) in [5, 5.41) is 10.3. The van der Waals surface area contributed by atoms with E-state index in [9.17, 15) is 5.11 Å². The van der Waals surface area contributed by atoms with Gasteiger partial charge in [0.05, 0.1) is 6.10 Å². The van der Waals surface area contributed by atoms with Gasteiger partial charge in [-0.3, -0.25) is 0 Å². The second-order valence-electron chi connectivity index (χ2n) is 5.08. The zero-order valence-electron chi connectivity index (χ0n) is 9.28. The fourth-order valence-corrected chi connectivity index (χ4v) is 3.16. The quantitative estimate of drug-likeness (QED) is 0.732. The minimum atomic E-state index is -0.0530. The summed E-state index contributed by atoms with van der Waals surface area (Å²) in [7, 11) is 2.16. The second-order valence-corrected chi connectivity index (χ2v) is 5.08. The summed E-state index contributed by atoms with van der Waals surface area (Å²) in [6.07, 6.45) is 8.97. The van der Waals surface area contributed by atoms with Crippen LogP contribution in [0.25, 0.3) is 0 Å². The van der Waals surface area contributed by atoms with Crippen LogP contribution in [0, 0.1) is 5.92 Å². The van der Waals surface area contributed by atoms with E-state index in [2.05, 4.69) is 11.9 Å². The zero-order chi connectivity index (χ0) is 9.97. The number of hydrogen-bond donors (Lipinski definition) is 1. The molecule has 2 unspecified atom stereocenters. The average molecular weight is 197 g/mol. The van der Waals surface area contributed by atoms with Gasteiger partial charge in [-0.1, -0.05) is 19.3 Å². The predicted octanol–water partition coefficient (Wildman–Crippen LogP) is 2.02. The Balaban J connectivity index is 1.89. The van der Waals surface area contributed by atoms with Crippen molar-refractivity contribution >= 4 is 0 Å². The van der Waals surface area contributed by atoms with Crippen LogP contribution in [-0.2, 0) is 0 Å². The van der Waals surface area contributed by atoms with Gasteiger partial charge in [0.15, 0.2) is 0 Å². The van der Waals surface area contributed by atoms with Crippen LogP contribution in [0.3, 0.4) is 0 Å². The predicted molar refractivity (Wildman–Crippen MR) is 58.2 cm³/mol.